The molecule has 1 amide bonds. The molecular formula is C18H21N3O4. The summed E-state index contributed by atoms with van der Waals surface area (Å²) < 4.78 is 17.1. The standard InChI is InChI=1S/C18H21N3O4/c1-12-10-14(20-25-12)18(22)21-8-9-23-17-15(21)2-3-16(17)24-11-13-4-6-19-7-5-13/h4-7,10,15-17H,2-3,8-9,11H2,1H3/t15-,16+,17+/m0/s1. The Morgan fingerprint density at radius 1 is 1.36 bits per heavy atom. The van der Waals surface area contributed by atoms with Crippen molar-refractivity contribution in [2.45, 2.75) is 44.6 Å². The zero-order valence-corrected chi connectivity index (χ0v) is 14.1. The maximum Gasteiger partial charge on any atom is 0.276 e. The molecule has 2 aliphatic rings. The normalized spacial score (nSPS) is 25.8. The Labute approximate surface area is 145 Å². The Morgan fingerprint density at radius 2 is 2.20 bits per heavy atom. The molecule has 7 nitrogen and oxygen atoms in total. The van der Waals surface area contributed by atoms with Crippen molar-refractivity contribution >= 4 is 5.91 Å². The molecule has 2 aromatic heterocycles. The summed E-state index contributed by atoms with van der Waals surface area (Å²) >= 11 is 0. The van der Waals surface area contributed by atoms with Gasteiger partial charge < -0.3 is 18.9 Å². The molecule has 132 valence electrons. The van der Waals surface area contributed by atoms with E-state index in [2.05, 4.69) is 10.1 Å². The van der Waals surface area contributed by atoms with E-state index in [4.69, 9.17) is 14.0 Å². The summed E-state index contributed by atoms with van der Waals surface area (Å²) in [7, 11) is 0. The largest absolute Gasteiger partial charge is 0.372 e. The molecule has 0 N–H and O–H groups in total. The number of pyridine rings is 1. The number of hydrogen-bond donors (Lipinski definition) is 0. The van der Waals surface area contributed by atoms with Crippen molar-refractivity contribution in [3.05, 3.63) is 47.6 Å². The summed E-state index contributed by atoms with van der Waals surface area (Å²) in [6.45, 7) is 3.39. The van der Waals surface area contributed by atoms with E-state index in [0.717, 1.165) is 18.4 Å². The highest BCUT2D eigenvalue weighted by atomic mass is 16.5. The van der Waals surface area contributed by atoms with Gasteiger partial charge in [-0.3, -0.25) is 9.78 Å². The maximum absolute atomic E-state index is 12.7. The highest BCUT2D eigenvalue weighted by Gasteiger charge is 2.45. The summed E-state index contributed by atoms with van der Waals surface area (Å²) in [6, 6.07) is 5.59. The van der Waals surface area contributed by atoms with Crippen LogP contribution in [0.25, 0.3) is 0 Å². The van der Waals surface area contributed by atoms with E-state index in [1.165, 1.54) is 0 Å². The van der Waals surface area contributed by atoms with E-state index in [0.29, 0.717) is 31.2 Å². The minimum Gasteiger partial charge on any atom is -0.372 e. The molecule has 1 saturated carbocycles. The highest BCUT2D eigenvalue weighted by Crippen LogP contribution is 2.33. The molecule has 2 fully saturated rings. The van der Waals surface area contributed by atoms with Crippen molar-refractivity contribution in [3.63, 3.8) is 0 Å². The lowest BCUT2D eigenvalue weighted by Crippen LogP contribution is -2.53. The SMILES string of the molecule is Cc1cc(C(=O)N2CCO[C@H]3[C@H](OCc4ccncc4)CC[C@@H]32)no1. The first-order valence-electron chi connectivity index (χ1n) is 8.59. The second kappa shape index (κ2) is 6.93. The van der Waals surface area contributed by atoms with Gasteiger partial charge in [-0.1, -0.05) is 5.16 Å². The Morgan fingerprint density at radius 3 is 2.96 bits per heavy atom. The molecule has 2 aromatic rings. The third kappa shape index (κ3) is 3.29. The summed E-state index contributed by atoms with van der Waals surface area (Å²) in [4.78, 5) is 18.6. The lowest BCUT2D eigenvalue weighted by atomic mass is 10.1. The number of aryl methyl sites for hydroxylation is 1. The molecule has 0 spiro atoms. The molecule has 1 aliphatic carbocycles. The van der Waals surface area contributed by atoms with Crippen molar-refractivity contribution in [2.24, 2.45) is 0 Å². The fraction of sp³-hybridized carbons (Fsp3) is 0.500. The average molecular weight is 343 g/mol. The number of fused-ring (bicyclic) bond motifs is 1. The van der Waals surface area contributed by atoms with Crippen molar-refractivity contribution in [2.75, 3.05) is 13.2 Å². The summed E-state index contributed by atoms with van der Waals surface area (Å²) in [5.41, 5.74) is 1.44. The van der Waals surface area contributed by atoms with E-state index >= 15 is 0 Å². The zero-order valence-electron chi connectivity index (χ0n) is 14.1. The first-order valence-corrected chi connectivity index (χ1v) is 8.59. The molecule has 7 heteroatoms. The molecule has 0 bridgehead atoms. The van der Waals surface area contributed by atoms with Crippen molar-refractivity contribution in [1.82, 2.24) is 15.0 Å². The van der Waals surface area contributed by atoms with Crippen LogP contribution in [0, 0.1) is 6.92 Å². The number of carbonyl (C=O) groups excluding carboxylic acids is 1. The highest BCUT2D eigenvalue weighted by molar-refractivity contribution is 5.92. The maximum atomic E-state index is 12.7. The van der Waals surface area contributed by atoms with Crippen molar-refractivity contribution < 1.29 is 18.8 Å². The smallest absolute Gasteiger partial charge is 0.276 e. The topological polar surface area (TPSA) is 77.7 Å². The number of rotatable bonds is 4. The number of amides is 1. The first kappa shape index (κ1) is 16.2. The number of ether oxygens (including phenoxy) is 2. The molecule has 25 heavy (non-hydrogen) atoms. The molecule has 0 radical (unpaired) electrons. The van der Waals surface area contributed by atoms with Gasteiger partial charge in [0.1, 0.15) is 11.9 Å². The summed E-state index contributed by atoms with van der Waals surface area (Å²) in [5.74, 6) is 0.545. The third-order valence-corrected chi connectivity index (χ3v) is 4.86. The van der Waals surface area contributed by atoms with Gasteiger partial charge in [-0.25, -0.2) is 0 Å². The van der Waals surface area contributed by atoms with Crippen LogP contribution in [0.15, 0.2) is 35.1 Å². The third-order valence-electron chi connectivity index (χ3n) is 4.86. The van der Waals surface area contributed by atoms with E-state index in [9.17, 15) is 4.79 Å². The Hall–Kier alpha value is -2.25. The lowest BCUT2D eigenvalue weighted by molar-refractivity contribution is -0.108. The summed E-state index contributed by atoms with van der Waals surface area (Å²) in [6.07, 6.45) is 5.16. The second-order valence-electron chi connectivity index (χ2n) is 6.51. The van der Waals surface area contributed by atoms with Gasteiger partial charge in [0.2, 0.25) is 0 Å². The van der Waals surface area contributed by atoms with Gasteiger partial charge in [0.25, 0.3) is 5.91 Å². The van der Waals surface area contributed by atoms with Crippen LogP contribution < -0.4 is 0 Å². The van der Waals surface area contributed by atoms with Crippen molar-refractivity contribution in [1.29, 1.82) is 0 Å². The minimum absolute atomic E-state index is 0.00666. The molecule has 3 atom stereocenters. The van der Waals surface area contributed by atoms with Gasteiger partial charge in [-0.05, 0) is 37.5 Å². The zero-order chi connectivity index (χ0) is 17.2. The van der Waals surface area contributed by atoms with Gasteiger partial charge in [0.15, 0.2) is 5.69 Å². The second-order valence-corrected chi connectivity index (χ2v) is 6.51. The van der Waals surface area contributed by atoms with E-state index in [1.807, 2.05) is 17.0 Å². The minimum atomic E-state index is -0.0927. The number of carbonyl (C=O) groups is 1. The number of aromatic nitrogens is 2. The van der Waals surface area contributed by atoms with Crippen LogP contribution >= 0.6 is 0 Å². The van der Waals surface area contributed by atoms with Crippen LogP contribution in [0.4, 0.5) is 0 Å². The fourth-order valence-electron chi connectivity index (χ4n) is 3.64. The Balaban J connectivity index is 1.42. The molecule has 0 aromatic carbocycles. The number of hydrogen-bond acceptors (Lipinski definition) is 6. The molecule has 1 aliphatic heterocycles. The Bertz CT molecular complexity index is 733. The van der Waals surface area contributed by atoms with Crippen LogP contribution in [0.1, 0.15) is 34.7 Å². The predicted molar refractivity (Wildman–Crippen MR) is 87.9 cm³/mol. The van der Waals surface area contributed by atoms with Gasteiger partial charge >= 0.3 is 0 Å². The fourth-order valence-corrected chi connectivity index (χ4v) is 3.64. The quantitative estimate of drug-likeness (QED) is 0.845. The van der Waals surface area contributed by atoms with Crippen LogP contribution in [0.2, 0.25) is 0 Å². The number of nitrogens with zero attached hydrogens (tertiary/aromatic N) is 3. The first-order chi connectivity index (χ1) is 12.2. The molecule has 0 unspecified atom stereocenters. The number of morpholine rings is 1. The molecular weight excluding hydrogens is 322 g/mol. The van der Waals surface area contributed by atoms with E-state index < -0.39 is 0 Å². The average Bonchev–Trinajstić information content (AvgIpc) is 3.26. The van der Waals surface area contributed by atoms with Gasteiger partial charge in [0, 0.05) is 25.0 Å². The van der Waals surface area contributed by atoms with Crippen LogP contribution in [-0.4, -0.2) is 52.3 Å². The van der Waals surface area contributed by atoms with Gasteiger partial charge in [0.05, 0.1) is 25.4 Å². The summed E-state index contributed by atoms with van der Waals surface area (Å²) in [5, 5.41) is 3.86. The lowest BCUT2D eigenvalue weighted by Gasteiger charge is -2.38. The van der Waals surface area contributed by atoms with Crippen LogP contribution in [-0.2, 0) is 16.1 Å². The van der Waals surface area contributed by atoms with Crippen LogP contribution in [0.3, 0.4) is 0 Å². The van der Waals surface area contributed by atoms with Gasteiger partial charge in [-0.15, -0.1) is 0 Å². The predicted octanol–water partition coefficient (Wildman–Crippen LogP) is 1.97. The van der Waals surface area contributed by atoms with Crippen LogP contribution in [0.5, 0.6) is 0 Å². The van der Waals surface area contributed by atoms with E-state index in [1.54, 1.807) is 25.4 Å². The molecule has 1 saturated heterocycles. The van der Waals surface area contributed by atoms with E-state index in [-0.39, 0.29) is 24.2 Å². The monoisotopic (exact) mass is 343 g/mol. The van der Waals surface area contributed by atoms with Crippen molar-refractivity contribution in [3.8, 4) is 0 Å². The van der Waals surface area contributed by atoms with Gasteiger partial charge in [-0.2, -0.15) is 0 Å². The molecule has 4 rings (SSSR count). The molecule has 3 heterocycles. The Kier molecular flexibility index (Phi) is 4.50.